The predicted molar refractivity (Wildman–Crippen MR) is 330 cm³/mol. The molecule has 0 bridgehead atoms. The van der Waals surface area contributed by atoms with Gasteiger partial charge in [0.05, 0.1) is 17.1 Å². The van der Waals surface area contributed by atoms with Crippen molar-refractivity contribution in [3.05, 3.63) is 34.3 Å². The van der Waals surface area contributed by atoms with E-state index < -0.39 is 154 Å². The summed E-state index contributed by atoms with van der Waals surface area (Å²) in [5, 5.41) is 5.03. The molecular formula is C64H97ClF3N11O11. The minimum absolute atomic E-state index is 0.0391. The summed E-state index contributed by atoms with van der Waals surface area (Å²) in [7, 11) is 10.2. The van der Waals surface area contributed by atoms with Crippen molar-refractivity contribution in [3.63, 3.8) is 0 Å². The molecule has 3 heterocycles. The van der Waals surface area contributed by atoms with E-state index in [2.05, 4.69) is 10.6 Å². The zero-order valence-electron chi connectivity index (χ0n) is 55.1. The van der Waals surface area contributed by atoms with Gasteiger partial charge < -0.3 is 54.7 Å². The number of carbonyl (C=O) groups is 11. The summed E-state index contributed by atoms with van der Waals surface area (Å²) in [5.41, 5.74) is -2.37. The maximum Gasteiger partial charge on any atom is 0.417 e. The monoisotopic (exact) mass is 1290 g/mol. The molecule has 0 aromatic heterocycles. The van der Waals surface area contributed by atoms with E-state index in [0.717, 1.165) is 55.6 Å². The molecule has 1 unspecified atom stereocenters. The highest BCUT2D eigenvalue weighted by molar-refractivity contribution is 6.31. The van der Waals surface area contributed by atoms with Gasteiger partial charge in [0.25, 0.3) is 0 Å². The van der Waals surface area contributed by atoms with Gasteiger partial charge in [-0.3, -0.25) is 52.7 Å². The third kappa shape index (κ3) is 16.2. The van der Waals surface area contributed by atoms with E-state index in [0.29, 0.717) is 31.2 Å². The fourth-order valence-electron chi connectivity index (χ4n) is 13.0. The van der Waals surface area contributed by atoms with Crippen molar-refractivity contribution >= 4 is 76.6 Å². The molecule has 1 aromatic rings. The van der Waals surface area contributed by atoms with Crippen LogP contribution in [0.5, 0.6) is 0 Å². The Labute approximate surface area is 533 Å². The Balaban J connectivity index is 1.37. The Hall–Kier alpha value is -6.53. The second-order valence-electron chi connectivity index (χ2n) is 26.6. The maximum absolute atomic E-state index is 15.0. The first-order chi connectivity index (χ1) is 42.1. The molecule has 10 atom stereocenters. The van der Waals surface area contributed by atoms with E-state index in [-0.39, 0.29) is 63.5 Å². The van der Waals surface area contributed by atoms with Crippen molar-refractivity contribution in [2.45, 2.75) is 217 Å². The predicted octanol–water partition coefficient (Wildman–Crippen LogP) is 4.96. The lowest BCUT2D eigenvalue weighted by molar-refractivity contribution is -0.160. The topological polar surface area (TPSA) is 241 Å². The molecule has 2 aliphatic carbocycles. The van der Waals surface area contributed by atoms with Crippen molar-refractivity contribution in [1.29, 1.82) is 0 Å². The highest BCUT2D eigenvalue weighted by Crippen LogP contribution is 2.38. The van der Waals surface area contributed by atoms with Crippen LogP contribution in [-0.4, -0.2) is 238 Å². The summed E-state index contributed by atoms with van der Waals surface area (Å²) in [6.45, 7) is 11.0. The van der Waals surface area contributed by atoms with Crippen molar-refractivity contribution in [3.8, 4) is 0 Å². The lowest BCUT2D eigenvalue weighted by Crippen LogP contribution is -2.65. The quantitative estimate of drug-likeness (QED) is 0.353. The summed E-state index contributed by atoms with van der Waals surface area (Å²) in [6.07, 6.45) is 2.71. The number of hydrogen-bond acceptors (Lipinski definition) is 11. The number of nitrogens with zero attached hydrogens (tertiary/aromatic N) is 9. The van der Waals surface area contributed by atoms with Gasteiger partial charge in [0, 0.05) is 74.9 Å². The Morgan fingerprint density at radius 2 is 1.27 bits per heavy atom. The van der Waals surface area contributed by atoms with Crippen molar-refractivity contribution in [1.82, 2.24) is 54.7 Å². The zero-order chi connectivity index (χ0) is 67.2. The average Bonchev–Trinajstić information content (AvgIpc) is 1.03. The maximum atomic E-state index is 15.0. The van der Waals surface area contributed by atoms with Crippen LogP contribution in [0, 0.1) is 17.8 Å². The lowest BCUT2D eigenvalue weighted by atomic mass is 9.78. The van der Waals surface area contributed by atoms with Gasteiger partial charge in [-0.25, -0.2) is 0 Å². The zero-order valence-corrected chi connectivity index (χ0v) is 55.9. The molecule has 0 radical (unpaired) electrons. The molecule has 11 amide bonds. The van der Waals surface area contributed by atoms with Gasteiger partial charge in [-0.2, -0.15) is 13.2 Å². The van der Waals surface area contributed by atoms with Gasteiger partial charge in [0.1, 0.15) is 53.9 Å². The molecule has 5 fully saturated rings. The number of alkyl halides is 3. The molecule has 2 saturated carbocycles. The number of amides is 11. The standard InChI is InChI=1S/C64H97ClF3N11O11/c1-15-37(2)52-60(88)74(11)40(5)55(83)79-32-30-48(79)58(86)75(12)49(35-41-21-17-16-18-22-41)57(85)71(8)36-50(80)69-46(29-27-42-26-28-44(45(65)34-42)64(66,67)68)56(84)78-31-20-25-47(78)59(87)77(14)63(6,7)62(90)76(13)53(43-23-19-24-43)61(89)72(9)38(3)33-51(81)73(10)39(4)54(82)70-52/h26,28,34,37-41,43,46-49,52-53H,15-25,27,29-33,35-36H2,1-14H3,(H,69,80)(H,70,82)/t37-,38+,39-,40-,46-,47-,48-,49-,52-,53?/m0/s1. The molecule has 6 rings (SSSR count). The van der Waals surface area contributed by atoms with Crippen LogP contribution in [0.2, 0.25) is 5.02 Å². The SMILES string of the molecule is CC[C@H](C)[C@@H]1NC(=O)[C@H](C)N(C)C(=O)C[C@@H](C)N(C)C(=O)C(C2CCC2)N(C)C(=O)C(C)(C)N(C)C(=O)[C@@H]2CCCN2C(=O)[C@H](CCc2ccc(C(F)(F)F)c(Cl)c2)NC(=O)CN(C)C(=O)[C@H](CC2CCCCC2)N(C)C(=O)[C@@H]2CCN2C(=O)[C@H](C)N(C)C1=O. The highest BCUT2D eigenvalue weighted by atomic mass is 35.5. The summed E-state index contributed by atoms with van der Waals surface area (Å²) < 4.78 is 41.3. The first kappa shape index (κ1) is 72.5. The molecule has 3 aliphatic heterocycles. The van der Waals surface area contributed by atoms with Gasteiger partial charge in [-0.05, 0) is 121 Å². The molecule has 502 valence electrons. The highest BCUT2D eigenvalue weighted by Gasteiger charge is 2.50. The largest absolute Gasteiger partial charge is 0.417 e. The summed E-state index contributed by atoms with van der Waals surface area (Å²) in [4.78, 5) is 172. The van der Waals surface area contributed by atoms with Crippen molar-refractivity contribution in [2.75, 3.05) is 69.0 Å². The van der Waals surface area contributed by atoms with E-state index in [1.165, 1.54) is 122 Å². The van der Waals surface area contributed by atoms with E-state index in [1.807, 2.05) is 6.92 Å². The normalized spacial score (nSPS) is 28.8. The summed E-state index contributed by atoms with van der Waals surface area (Å²) >= 11 is 6.12. The van der Waals surface area contributed by atoms with Crippen LogP contribution in [-0.2, 0) is 65.3 Å². The van der Waals surface area contributed by atoms with Crippen LogP contribution >= 0.6 is 11.6 Å². The number of fused-ring (bicyclic) bond motifs is 2. The fraction of sp³-hybridized carbons (Fsp3) is 0.734. The number of halogens is 4. The number of benzene rings is 1. The van der Waals surface area contributed by atoms with Gasteiger partial charge in [-0.15, -0.1) is 0 Å². The average molecular weight is 1290 g/mol. The molecular weight excluding hydrogens is 1190 g/mol. The molecule has 3 saturated heterocycles. The Bertz CT molecular complexity index is 2850. The van der Waals surface area contributed by atoms with Gasteiger partial charge >= 0.3 is 6.18 Å². The van der Waals surface area contributed by atoms with Crippen LogP contribution in [0.4, 0.5) is 13.2 Å². The van der Waals surface area contributed by atoms with E-state index in [9.17, 15) is 61.1 Å². The first-order valence-electron chi connectivity index (χ1n) is 32.0. The number of carbonyl (C=O) groups excluding carboxylic acids is 11. The third-order valence-electron chi connectivity index (χ3n) is 20.4. The number of aryl methyl sites for hydroxylation is 1. The molecule has 0 spiro atoms. The fourth-order valence-corrected chi connectivity index (χ4v) is 13.3. The van der Waals surface area contributed by atoms with Crippen LogP contribution in [0.1, 0.15) is 156 Å². The minimum atomic E-state index is -4.74. The molecule has 90 heavy (non-hydrogen) atoms. The van der Waals surface area contributed by atoms with E-state index in [1.54, 1.807) is 13.8 Å². The number of nitrogens with one attached hydrogen (secondary N) is 2. The minimum Gasteiger partial charge on any atom is -0.343 e. The molecule has 5 aliphatic rings. The summed E-state index contributed by atoms with van der Waals surface area (Å²) in [6, 6.07) is -6.57. The second-order valence-corrected chi connectivity index (χ2v) is 27.0. The van der Waals surface area contributed by atoms with Crippen LogP contribution in [0.3, 0.4) is 0 Å². The number of rotatable bonds is 8. The molecule has 22 nitrogen and oxygen atoms in total. The van der Waals surface area contributed by atoms with Gasteiger partial charge in [-0.1, -0.05) is 76.5 Å². The lowest BCUT2D eigenvalue weighted by Gasteiger charge is -2.45. The van der Waals surface area contributed by atoms with E-state index in [4.69, 9.17) is 11.6 Å². The molecule has 26 heteroatoms. The Kier molecular flexibility index (Phi) is 24.4. The van der Waals surface area contributed by atoms with Gasteiger partial charge in [0.2, 0.25) is 65.0 Å². The van der Waals surface area contributed by atoms with Gasteiger partial charge in [0.15, 0.2) is 0 Å². The van der Waals surface area contributed by atoms with Crippen LogP contribution < -0.4 is 10.6 Å². The summed E-state index contributed by atoms with van der Waals surface area (Å²) in [5.74, 6) is -7.18. The number of hydrogen-bond donors (Lipinski definition) is 2. The van der Waals surface area contributed by atoms with Crippen LogP contribution in [0.15, 0.2) is 18.2 Å². The first-order valence-corrected chi connectivity index (χ1v) is 32.4. The number of likely N-dealkylation sites (N-methyl/N-ethyl adjacent to an activating group) is 7. The van der Waals surface area contributed by atoms with E-state index >= 15 is 4.79 Å². The van der Waals surface area contributed by atoms with Crippen molar-refractivity contribution < 1.29 is 65.9 Å². The smallest absolute Gasteiger partial charge is 0.343 e. The van der Waals surface area contributed by atoms with Crippen LogP contribution in [0.25, 0.3) is 0 Å². The molecule has 1 aromatic carbocycles. The second kappa shape index (κ2) is 30.3. The molecule has 2 N–H and O–H groups in total. The van der Waals surface area contributed by atoms with Crippen molar-refractivity contribution in [2.24, 2.45) is 17.8 Å². The Morgan fingerprint density at radius 1 is 0.644 bits per heavy atom. The Morgan fingerprint density at radius 3 is 1.83 bits per heavy atom. The third-order valence-corrected chi connectivity index (χ3v) is 20.7.